The van der Waals surface area contributed by atoms with Crippen LogP contribution in [0.1, 0.15) is 144 Å². The summed E-state index contributed by atoms with van der Waals surface area (Å²) in [5, 5.41) is 37.3. The van der Waals surface area contributed by atoms with Gasteiger partial charge in [0.2, 0.25) is 38.8 Å². The number of carbonyl (C=O) groups is 5. The zero-order valence-electron chi connectivity index (χ0n) is 71.5. The van der Waals surface area contributed by atoms with Gasteiger partial charge < -0.3 is 54.8 Å². The molecular weight excluding hydrogens is 2310 g/mol. The fourth-order valence-corrected chi connectivity index (χ4v) is 13.2. The molecule has 1 aliphatic rings. The number of ether oxygens (including phenoxy) is 1. The Labute approximate surface area is 854 Å². The Morgan fingerprint density at radius 3 is 1.29 bits per heavy atom. The molecule has 14 rings (SSSR count). The molecule has 0 spiro atoms. The molecule has 0 amide bonds. The third-order valence-electron chi connectivity index (χ3n) is 17.4. The van der Waals surface area contributed by atoms with Crippen molar-refractivity contribution >= 4 is 219 Å². The van der Waals surface area contributed by atoms with E-state index < -0.39 is 87.2 Å². The predicted octanol–water partition coefficient (Wildman–Crippen LogP) is 19.0. The Hall–Kier alpha value is -7.95. The molecular formula is C87H76BBrCl6F5I3MgN11O15PS. The number of hydrogen-bond donors (Lipinski definition) is 2. The number of benzene rings is 5. The molecule has 2 N–H and O–H groups in total. The van der Waals surface area contributed by atoms with E-state index in [1.54, 1.807) is 136 Å². The fraction of sp³-hybridized carbons (Fsp3) is 0.207. The second-order valence-electron chi connectivity index (χ2n) is 28.0. The number of esters is 1. The average molecular weight is 2380 g/mol. The van der Waals surface area contributed by atoms with E-state index in [4.69, 9.17) is 91.2 Å². The molecule has 132 heavy (non-hydrogen) atoms. The number of aldehydes is 1. The third kappa shape index (κ3) is 35.3. The molecule has 1 saturated heterocycles. The van der Waals surface area contributed by atoms with Crippen LogP contribution in [0.5, 0.6) is 0 Å². The molecule has 8 aromatic heterocycles. The number of aryl methyl sites for hydroxylation is 3. The number of aliphatic hydroxyl groups is 2. The first-order chi connectivity index (χ1) is 61.3. The van der Waals surface area contributed by atoms with Crippen molar-refractivity contribution in [3.8, 4) is 22.3 Å². The van der Waals surface area contributed by atoms with Crippen LogP contribution in [0.25, 0.3) is 32.7 Å². The van der Waals surface area contributed by atoms with Gasteiger partial charge in [-0.05, 0) is 263 Å². The van der Waals surface area contributed by atoms with E-state index in [1.807, 2.05) is 95.5 Å². The number of ketones is 3. The van der Waals surface area contributed by atoms with Crippen molar-refractivity contribution in [3.05, 3.63) is 349 Å². The number of pyridine rings is 5. The molecule has 1 atom stereocenters. The van der Waals surface area contributed by atoms with E-state index in [-0.39, 0.29) is 121 Å². The van der Waals surface area contributed by atoms with Crippen LogP contribution in [0.4, 0.5) is 22.0 Å². The minimum absolute atomic E-state index is 0. The Balaban J connectivity index is 0.000000324. The van der Waals surface area contributed by atoms with Crippen molar-refractivity contribution in [1.82, 2.24) is 40.4 Å². The van der Waals surface area contributed by atoms with Crippen molar-refractivity contribution in [2.45, 2.75) is 92.5 Å². The van der Waals surface area contributed by atoms with Gasteiger partial charge in [-0.1, -0.05) is 84.1 Å². The van der Waals surface area contributed by atoms with Gasteiger partial charge in [-0.2, -0.15) is 52.3 Å². The molecule has 5 aromatic carbocycles. The molecule has 0 bridgehead atoms. The van der Waals surface area contributed by atoms with Gasteiger partial charge in [0, 0.05) is 118 Å². The first kappa shape index (κ1) is 116. The van der Waals surface area contributed by atoms with Gasteiger partial charge in [-0.3, -0.25) is 24.0 Å². The van der Waals surface area contributed by atoms with Crippen LogP contribution in [-0.2, 0) is 47.6 Å². The molecule has 0 saturated carbocycles. The van der Waals surface area contributed by atoms with E-state index in [9.17, 15) is 64.6 Å². The number of halogens is 15. The molecule has 0 radical (unpaired) electrons. The van der Waals surface area contributed by atoms with Gasteiger partial charge in [-0.25, -0.2) is 33.3 Å². The summed E-state index contributed by atoms with van der Waals surface area (Å²) in [7, 11) is 1.12. The van der Waals surface area contributed by atoms with Crippen LogP contribution in [0.3, 0.4) is 0 Å². The number of rotatable bonds is 17. The van der Waals surface area contributed by atoms with Crippen LogP contribution in [0.2, 0.25) is 25.1 Å². The molecule has 26 nitrogen and oxygen atoms in total. The zero-order chi connectivity index (χ0) is 96.7. The van der Waals surface area contributed by atoms with Crippen LogP contribution in [-0.4, -0.2) is 156 Å². The number of aromatic nitrogens is 8. The number of nitrogens with zero attached hydrogens (tertiary/aromatic N) is 11. The molecule has 1 fully saturated rings. The number of azide groups is 1. The summed E-state index contributed by atoms with van der Waals surface area (Å²) >= 11 is 34.4. The zero-order valence-corrected chi connectivity index (χ0v) is 87.2. The fourth-order valence-electron chi connectivity index (χ4n) is 10.7. The maximum Gasteiger partial charge on any atom is 2.00 e. The quantitative estimate of drug-likeness (QED) is 0.00682. The van der Waals surface area contributed by atoms with E-state index in [0.29, 0.717) is 95.6 Å². The van der Waals surface area contributed by atoms with Crippen LogP contribution in [0, 0.1) is 67.3 Å². The smallest absolute Gasteiger partial charge is 1.00 e. The second kappa shape index (κ2) is 55.9. The van der Waals surface area contributed by atoms with Gasteiger partial charge in [-0.15, -0.1) is 19.5 Å². The maximum absolute atomic E-state index is 14.5. The monoisotopic (exact) mass is 2380 g/mol. The van der Waals surface area contributed by atoms with Crippen molar-refractivity contribution in [1.29, 1.82) is 0 Å². The van der Waals surface area contributed by atoms with Gasteiger partial charge in [0.1, 0.15) is 12.7 Å². The minimum atomic E-state index is -3.19. The molecule has 13 aromatic rings. The second-order valence-corrected chi connectivity index (χ2v) is 39.4. The third-order valence-corrected chi connectivity index (χ3v) is 21.4. The first-order valence-corrected chi connectivity index (χ1v) is 47.9. The summed E-state index contributed by atoms with van der Waals surface area (Å²) in [6.07, 6.45) is 6.87. The number of carbonyl (C=O) groups excluding carboxylic acids is 5. The Bertz CT molecular complexity index is 6160. The summed E-state index contributed by atoms with van der Waals surface area (Å²) < 4.78 is 121. The summed E-state index contributed by atoms with van der Waals surface area (Å²) in [6, 6.07) is 42.9. The van der Waals surface area contributed by atoms with E-state index in [0.717, 1.165) is 11.3 Å². The van der Waals surface area contributed by atoms with Crippen LogP contribution < -0.4 is 22.4 Å². The summed E-state index contributed by atoms with van der Waals surface area (Å²) in [5.41, 5.74) is 12.5. The summed E-state index contributed by atoms with van der Waals surface area (Å²) in [4.78, 5) is 79.0. The standard InChI is InChI=1S/C17H11ClFN5O2.C17H12ClFN2O3.C13H20BNO5.C12H8ClFINO.C12H6ClFINO.C6H4Cl.C6H3FINO.C3H9P.CH3ClO2S.BrH.Mg/c1-9-14(13(26-23-9)8-22-24-20)12-6-7-21-17(19)15(12)16(25)10-2-4-11(18)5-3-10;1-9-14(13(8-22)24-21-9)12-6-7-20-17(19)15(12)16(23)10-2-4-11(18)5-3-10;1-8-11(10(18-15-8)7-17-9(2)16)14-19-12(3,4)13(5,6)20-14;2*13-8-3-1-7(2-4-8)11(17)10-9(15)5-6-16-12(10)14;7-6-4-2-1-3-5-6;7-6-4(3-10)5(8)1-2-9-6;1-4(2)3;1-5(2,3)4;;/h2-7H,8H2,1H3;2-7,22H,8H2,1H3;7H2,1-6H3;1-6,11,17H;1-6H;2-5H;1-3H;1-3H3;1H3;1H;/q;;;;;-1;;;;;+2/p-1. The molecule has 0 aliphatic carbocycles. The average Bonchev–Trinajstić information content (AvgIpc) is 1.61. The largest absolute Gasteiger partial charge is 2.00 e. The van der Waals surface area contributed by atoms with Gasteiger partial charge in [0.25, 0.3) is 0 Å². The van der Waals surface area contributed by atoms with E-state index in [1.165, 1.54) is 74.3 Å². The molecule has 9 heterocycles. The van der Waals surface area contributed by atoms with Crippen LogP contribution >= 0.6 is 144 Å². The van der Waals surface area contributed by atoms with Gasteiger partial charge in [0.05, 0.1) is 79.9 Å². The van der Waals surface area contributed by atoms with Crippen molar-refractivity contribution in [3.63, 3.8) is 0 Å². The Kier molecular flexibility index (Phi) is 49.3. The maximum atomic E-state index is 14.5. The molecule has 1 unspecified atom stereocenters. The Morgan fingerprint density at radius 2 is 0.917 bits per heavy atom. The predicted molar refractivity (Wildman–Crippen MR) is 518 cm³/mol. The van der Waals surface area contributed by atoms with Gasteiger partial charge in [0.15, 0.2) is 47.5 Å². The number of aliphatic hydroxyl groups excluding tert-OH is 2. The first-order valence-electron chi connectivity index (χ1n) is 37.3. The van der Waals surface area contributed by atoms with Crippen LogP contribution in [0.15, 0.2) is 201 Å². The number of hydrogen-bond acceptors (Lipinski definition) is 24. The SMILES string of the molecule is CC(=O)OCc1onc(C)c1B1OC(C)(C)C(C)(C)O1.CP(C)C.CS(=O)(=O)Cl.Cc1noc(CN=[N+]=[N-])c1-c1ccnc(F)c1C(=O)c1ccc(Cl)cc1.Cc1noc(CO)c1-c1ccnc(F)c1C(=O)c1ccc(Cl)cc1.Clc1cc[c-]cc1.O=C(c1ccc(Cl)cc1)c1c(I)ccnc1F.O=Cc1c(I)ccnc1F.OC(c1ccc(Cl)cc1)c1c(I)ccnc1F.[Br-].[Mg+2]. The van der Waals surface area contributed by atoms with Crippen molar-refractivity contribution < 1.29 is 109 Å². The topological polar surface area (TPSA) is 379 Å². The normalized spacial score (nSPS) is 11.9. The van der Waals surface area contributed by atoms with Crippen molar-refractivity contribution in [2.24, 2.45) is 5.11 Å². The van der Waals surface area contributed by atoms with Crippen molar-refractivity contribution in [2.75, 3.05) is 26.3 Å². The molecule has 1 aliphatic heterocycles. The van der Waals surface area contributed by atoms with E-state index in [2.05, 4.69) is 87.2 Å². The minimum Gasteiger partial charge on any atom is -1.00 e. The summed E-state index contributed by atoms with van der Waals surface area (Å²) in [6.45, 7) is 20.5. The summed E-state index contributed by atoms with van der Waals surface area (Å²) in [5.74, 6) is -4.96. The van der Waals surface area contributed by atoms with Gasteiger partial charge >= 0.3 is 36.1 Å². The molecule has 45 heteroatoms. The van der Waals surface area contributed by atoms with E-state index >= 15 is 0 Å². The molecule has 690 valence electrons. The Morgan fingerprint density at radius 1 is 0.568 bits per heavy atom.